The van der Waals surface area contributed by atoms with E-state index in [0.29, 0.717) is 0 Å². The molecule has 0 fully saturated rings. The molecule has 2 aromatic carbocycles. The molecule has 6 nitrogen and oxygen atoms in total. The van der Waals surface area contributed by atoms with Crippen LogP contribution in [0.4, 0.5) is 26.3 Å². The van der Waals surface area contributed by atoms with Crippen molar-refractivity contribution in [3.8, 4) is 34.1 Å². The summed E-state index contributed by atoms with van der Waals surface area (Å²) in [5, 5.41) is 9.29. The number of aromatic carboxylic acids is 1. The Morgan fingerprint density at radius 3 is 1.61 bits per heavy atom. The minimum absolute atomic E-state index is 0.0663. The Hall–Kier alpha value is -3.83. The number of carboxylic acid groups (broad SMARTS) is 1. The third kappa shape index (κ3) is 6.07. The molecule has 12 heteroatoms. The number of alkyl halides is 6. The summed E-state index contributed by atoms with van der Waals surface area (Å²) in [6, 6.07) is 10.0. The first kappa shape index (κ1) is 21.9. The highest BCUT2D eigenvalue weighted by Gasteiger charge is 2.31. The van der Waals surface area contributed by atoms with Crippen LogP contribution in [0.25, 0.3) is 22.6 Å². The molecule has 0 saturated heterocycles. The van der Waals surface area contributed by atoms with Gasteiger partial charge in [0.1, 0.15) is 11.5 Å². The summed E-state index contributed by atoms with van der Waals surface area (Å²) in [5.41, 5.74) is 0.0939. The number of ether oxygens (including phenoxy) is 2. The molecule has 0 unspecified atom stereocenters. The van der Waals surface area contributed by atoms with E-state index < -0.39 is 35.9 Å². The van der Waals surface area contributed by atoms with Gasteiger partial charge in [-0.15, -0.1) is 26.3 Å². The van der Waals surface area contributed by atoms with Crippen LogP contribution in [0.15, 0.2) is 54.6 Å². The van der Waals surface area contributed by atoms with E-state index in [9.17, 15) is 36.2 Å². The lowest BCUT2D eigenvalue weighted by Crippen LogP contribution is -2.17. The predicted octanol–water partition coefficient (Wildman–Crippen LogP) is 5.31. The van der Waals surface area contributed by atoms with Crippen LogP contribution >= 0.6 is 0 Å². The second kappa shape index (κ2) is 8.13. The maximum absolute atomic E-state index is 12.3. The summed E-state index contributed by atoms with van der Waals surface area (Å²) in [5.74, 6) is -2.50. The van der Waals surface area contributed by atoms with E-state index in [2.05, 4.69) is 19.4 Å². The van der Waals surface area contributed by atoms with Crippen molar-refractivity contribution in [2.75, 3.05) is 0 Å². The van der Waals surface area contributed by atoms with Gasteiger partial charge in [-0.05, 0) is 54.6 Å². The number of carboxylic acids is 1. The fraction of sp³-hybridized carbons (Fsp3) is 0.105. The Balaban J connectivity index is 1.96. The van der Waals surface area contributed by atoms with Gasteiger partial charge in [-0.3, -0.25) is 0 Å². The summed E-state index contributed by atoms with van der Waals surface area (Å²) in [6.45, 7) is 0. The molecule has 0 radical (unpaired) electrons. The average Bonchev–Trinajstić information content (AvgIpc) is 2.66. The van der Waals surface area contributed by atoms with Crippen molar-refractivity contribution >= 4 is 5.97 Å². The maximum atomic E-state index is 12.3. The number of benzene rings is 2. The fourth-order valence-corrected chi connectivity index (χ4v) is 2.47. The Bertz CT molecular complexity index is 1000. The lowest BCUT2D eigenvalue weighted by molar-refractivity contribution is -0.275. The number of aromatic nitrogens is 2. The van der Waals surface area contributed by atoms with Crippen LogP contribution in [0.2, 0.25) is 0 Å². The second-order valence-electron chi connectivity index (χ2n) is 5.91. The predicted molar refractivity (Wildman–Crippen MR) is 93.2 cm³/mol. The van der Waals surface area contributed by atoms with Gasteiger partial charge >= 0.3 is 18.7 Å². The van der Waals surface area contributed by atoms with Crippen molar-refractivity contribution < 1.29 is 45.7 Å². The van der Waals surface area contributed by atoms with Crippen molar-refractivity contribution in [3.63, 3.8) is 0 Å². The molecule has 162 valence electrons. The molecule has 1 N–H and O–H groups in total. The molecule has 0 saturated carbocycles. The number of carbonyl (C=O) groups is 1. The molecule has 0 spiro atoms. The molecule has 0 aliphatic carbocycles. The molecule has 1 heterocycles. The van der Waals surface area contributed by atoms with E-state index in [1.54, 1.807) is 0 Å². The Kier molecular flexibility index (Phi) is 5.73. The van der Waals surface area contributed by atoms with Crippen molar-refractivity contribution in [3.05, 3.63) is 60.3 Å². The van der Waals surface area contributed by atoms with E-state index >= 15 is 0 Å². The van der Waals surface area contributed by atoms with E-state index in [1.165, 1.54) is 24.3 Å². The van der Waals surface area contributed by atoms with E-state index in [4.69, 9.17) is 0 Å². The summed E-state index contributed by atoms with van der Waals surface area (Å²) in [7, 11) is 0. The quantitative estimate of drug-likeness (QED) is 0.538. The van der Waals surface area contributed by atoms with Crippen molar-refractivity contribution in [1.29, 1.82) is 0 Å². The van der Waals surface area contributed by atoms with Crippen molar-refractivity contribution in [2.45, 2.75) is 12.7 Å². The average molecular weight is 444 g/mol. The number of nitrogens with zero attached hydrogens (tertiary/aromatic N) is 2. The number of hydrogen-bond acceptors (Lipinski definition) is 5. The first-order valence-corrected chi connectivity index (χ1v) is 8.24. The zero-order valence-corrected chi connectivity index (χ0v) is 15.0. The third-order valence-electron chi connectivity index (χ3n) is 3.68. The molecular weight excluding hydrogens is 434 g/mol. The van der Waals surface area contributed by atoms with E-state index in [-0.39, 0.29) is 22.6 Å². The van der Waals surface area contributed by atoms with Gasteiger partial charge in [0.05, 0.1) is 5.69 Å². The highest BCUT2D eigenvalue weighted by Crippen LogP contribution is 2.29. The number of hydrogen-bond donors (Lipinski definition) is 1. The maximum Gasteiger partial charge on any atom is 0.573 e. The van der Waals surface area contributed by atoms with Crippen LogP contribution in [-0.2, 0) is 0 Å². The molecule has 0 amide bonds. The van der Waals surface area contributed by atoms with Crippen LogP contribution in [0.3, 0.4) is 0 Å². The molecule has 3 aromatic rings. The summed E-state index contributed by atoms with van der Waals surface area (Å²) < 4.78 is 81.3. The molecule has 0 aliphatic heterocycles. The van der Waals surface area contributed by atoms with Gasteiger partial charge in [-0.25, -0.2) is 14.8 Å². The minimum atomic E-state index is -4.88. The van der Waals surface area contributed by atoms with Gasteiger partial charge in [-0.2, -0.15) is 0 Å². The Morgan fingerprint density at radius 1 is 0.742 bits per heavy atom. The van der Waals surface area contributed by atoms with Crippen LogP contribution < -0.4 is 9.47 Å². The normalized spacial score (nSPS) is 11.8. The van der Waals surface area contributed by atoms with Gasteiger partial charge in [0, 0.05) is 11.1 Å². The van der Waals surface area contributed by atoms with Gasteiger partial charge in [0.25, 0.3) is 0 Å². The van der Waals surface area contributed by atoms with Gasteiger partial charge in [-0.1, -0.05) is 0 Å². The van der Waals surface area contributed by atoms with Crippen LogP contribution in [0.1, 0.15) is 10.5 Å². The highest BCUT2D eigenvalue weighted by atomic mass is 19.4. The van der Waals surface area contributed by atoms with E-state index in [1.807, 2.05) is 0 Å². The monoisotopic (exact) mass is 444 g/mol. The van der Waals surface area contributed by atoms with Gasteiger partial charge < -0.3 is 14.6 Å². The number of rotatable bonds is 5. The first-order valence-electron chi connectivity index (χ1n) is 8.24. The summed E-state index contributed by atoms with van der Waals surface area (Å²) in [4.78, 5) is 19.4. The molecule has 31 heavy (non-hydrogen) atoms. The number of halogens is 6. The fourth-order valence-electron chi connectivity index (χ4n) is 2.47. The van der Waals surface area contributed by atoms with Crippen LogP contribution in [0.5, 0.6) is 11.5 Å². The lowest BCUT2D eigenvalue weighted by Gasteiger charge is -2.11. The van der Waals surface area contributed by atoms with Crippen LogP contribution in [-0.4, -0.2) is 33.8 Å². The minimum Gasteiger partial charge on any atom is -0.477 e. The summed E-state index contributed by atoms with van der Waals surface area (Å²) in [6.07, 6.45) is -9.75. The summed E-state index contributed by atoms with van der Waals surface area (Å²) >= 11 is 0. The molecule has 1 aromatic heterocycles. The SMILES string of the molecule is O=C(O)c1cc(-c2ccc(OC(F)(F)F)cc2)nc(-c2ccc(OC(F)(F)F)cc2)n1. The smallest absolute Gasteiger partial charge is 0.477 e. The first-order chi connectivity index (χ1) is 14.4. The molecule has 0 aliphatic rings. The largest absolute Gasteiger partial charge is 0.573 e. The zero-order chi connectivity index (χ0) is 22.8. The second-order valence-corrected chi connectivity index (χ2v) is 5.91. The van der Waals surface area contributed by atoms with Crippen molar-refractivity contribution in [1.82, 2.24) is 9.97 Å². The van der Waals surface area contributed by atoms with Gasteiger partial charge in [0.2, 0.25) is 0 Å². The molecule has 0 atom stereocenters. The molecular formula is C19H10F6N2O4. The van der Waals surface area contributed by atoms with Crippen molar-refractivity contribution in [2.24, 2.45) is 0 Å². The third-order valence-corrected chi connectivity index (χ3v) is 3.68. The molecule has 3 rings (SSSR count). The highest BCUT2D eigenvalue weighted by molar-refractivity contribution is 5.87. The topological polar surface area (TPSA) is 81.5 Å². The zero-order valence-electron chi connectivity index (χ0n) is 15.0. The van der Waals surface area contributed by atoms with Gasteiger partial charge in [0.15, 0.2) is 11.5 Å². The van der Waals surface area contributed by atoms with E-state index in [0.717, 1.165) is 30.3 Å². The standard InChI is InChI=1S/C19H10F6N2O4/c20-18(21,22)30-12-5-1-10(2-6-12)14-9-15(17(28)29)27-16(26-14)11-3-7-13(8-4-11)31-19(23,24)25/h1-9H,(H,28,29). The Morgan fingerprint density at radius 2 is 1.19 bits per heavy atom. The van der Waals surface area contributed by atoms with Crippen LogP contribution in [0, 0.1) is 0 Å². The Labute approximate surface area is 169 Å². The molecule has 0 bridgehead atoms. The lowest BCUT2D eigenvalue weighted by atomic mass is 10.1.